The summed E-state index contributed by atoms with van der Waals surface area (Å²) in [6, 6.07) is 7.99. The lowest BCUT2D eigenvalue weighted by molar-refractivity contribution is -0.00995. The minimum absolute atomic E-state index is 0.0439. The molecule has 0 bridgehead atoms. The number of H-pyrrole nitrogens is 2. The van der Waals surface area contributed by atoms with Gasteiger partial charge in [-0.2, -0.15) is 5.10 Å². The molecule has 1 aromatic carbocycles. The third-order valence-corrected chi connectivity index (χ3v) is 4.63. The zero-order chi connectivity index (χ0) is 19.5. The first-order chi connectivity index (χ1) is 13.6. The second-order valence-electron chi connectivity index (χ2n) is 6.21. The summed E-state index contributed by atoms with van der Waals surface area (Å²) in [5, 5.41) is 9.52. The second kappa shape index (κ2) is 8.09. The minimum atomic E-state index is -0.533. The predicted octanol–water partition coefficient (Wildman–Crippen LogP) is 2.06. The zero-order valence-electron chi connectivity index (χ0n) is 14.6. The van der Waals surface area contributed by atoms with Gasteiger partial charge in [-0.05, 0) is 29.8 Å². The number of rotatable bonds is 4. The van der Waals surface area contributed by atoms with E-state index in [0.717, 1.165) is 0 Å². The maximum absolute atomic E-state index is 14.0. The normalized spacial score (nSPS) is 19.9. The van der Waals surface area contributed by atoms with E-state index in [1.54, 1.807) is 24.4 Å². The van der Waals surface area contributed by atoms with Crippen molar-refractivity contribution in [3.8, 4) is 17.3 Å². The van der Waals surface area contributed by atoms with Crippen LogP contribution in [0, 0.1) is 5.82 Å². The molecule has 8 nitrogen and oxygen atoms in total. The molecule has 2 aromatic heterocycles. The van der Waals surface area contributed by atoms with Crippen molar-refractivity contribution in [2.75, 3.05) is 19.7 Å². The molecule has 0 unspecified atom stereocenters. The Morgan fingerprint density at radius 1 is 1.32 bits per heavy atom. The third kappa shape index (κ3) is 3.91. The maximum atomic E-state index is 14.0. The first-order valence-electron chi connectivity index (χ1n) is 8.66. The first-order valence-corrected chi connectivity index (χ1v) is 9.03. The molecule has 1 fully saturated rings. The van der Waals surface area contributed by atoms with E-state index in [1.165, 1.54) is 12.1 Å². The fourth-order valence-corrected chi connectivity index (χ4v) is 3.14. The topological polar surface area (TPSA) is 105 Å². The van der Waals surface area contributed by atoms with E-state index in [-0.39, 0.29) is 10.9 Å². The Balaban J connectivity index is 1.66. The summed E-state index contributed by atoms with van der Waals surface area (Å²) in [5.41, 5.74) is 0.700. The summed E-state index contributed by atoms with van der Waals surface area (Å²) in [4.78, 5) is 18.3. The number of hydrogen-bond donors (Lipinski definition) is 3. The Hall–Kier alpha value is -2.75. The summed E-state index contributed by atoms with van der Waals surface area (Å²) in [7, 11) is 0. The lowest BCUT2D eigenvalue weighted by Gasteiger charge is -2.26. The molecule has 3 N–H and O–H groups in total. The number of halogens is 2. The number of nitrogens with zero attached hydrogens (tertiary/aromatic N) is 2. The molecule has 3 aromatic rings. The van der Waals surface area contributed by atoms with Gasteiger partial charge in [0.1, 0.15) is 18.0 Å². The molecule has 0 amide bonds. The number of nitrogens with one attached hydrogen (secondary N) is 3. The molecule has 28 heavy (non-hydrogen) atoms. The highest BCUT2D eigenvalue weighted by molar-refractivity contribution is 6.30. The molecular weight excluding hydrogens is 389 g/mol. The molecule has 3 heterocycles. The van der Waals surface area contributed by atoms with E-state index >= 15 is 0 Å². The molecule has 0 spiro atoms. The van der Waals surface area contributed by atoms with Crippen LogP contribution in [-0.2, 0) is 4.74 Å². The summed E-state index contributed by atoms with van der Waals surface area (Å²) in [6.07, 6.45) is 0.545. The van der Waals surface area contributed by atoms with Crippen LogP contribution < -0.4 is 15.7 Å². The largest absolute Gasteiger partial charge is 0.469 e. The maximum Gasteiger partial charge on any atom is 0.340 e. The van der Waals surface area contributed by atoms with Crippen molar-refractivity contribution in [1.82, 2.24) is 25.5 Å². The van der Waals surface area contributed by atoms with E-state index in [4.69, 9.17) is 21.1 Å². The van der Waals surface area contributed by atoms with E-state index in [1.807, 2.05) is 0 Å². The lowest BCUT2D eigenvalue weighted by Crippen LogP contribution is -2.34. The molecule has 0 radical (unpaired) electrons. The van der Waals surface area contributed by atoms with Crippen LogP contribution in [-0.4, -0.2) is 46.0 Å². The zero-order valence-corrected chi connectivity index (χ0v) is 15.4. The van der Waals surface area contributed by atoms with Gasteiger partial charge in [0.25, 0.3) is 0 Å². The second-order valence-corrected chi connectivity index (χ2v) is 6.62. The van der Waals surface area contributed by atoms with Gasteiger partial charge in [-0.3, -0.25) is 4.98 Å². The van der Waals surface area contributed by atoms with E-state index in [9.17, 15) is 9.18 Å². The SMILES string of the molecule is O=c1[nH]nc(-c2cccnc2O[C@@H]2CNCCO[C@H]2c2ccc(Cl)c(F)c2)[nH]1. The van der Waals surface area contributed by atoms with Crippen molar-refractivity contribution in [1.29, 1.82) is 0 Å². The average Bonchev–Trinajstić information content (AvgIpc) is 2.99. The monoisotopic (exact) mass is 405 g/mol. The summed E-state index contributed by atoms with van der Waals surface area (Å²) >= 11 is 5.80. The number of aromatic amines is 2. The van der Waals surface area contributed by atoms with Gasteiger partial charge in [-0.1, -0.05) is 17.7 Å². The predicted molar refractivity (Wildman–Crippen MR) is 99.8 cm³/mol. The molecule has 0 saturated carbocycles. The summed E-state index contributed by atoms with van der Waals surface area (Å²) in [5.74, 6) is 0.0676. The Bertz CT molecular complexity index is 1020. The van der Waals surface area contributed by atoms with Crippen molar-refractivity contribution in [2.45, 2.75) is 12.2 Å². The molecule has 1 aliphatic heterocycles. The van der Waals surface area contributed by atoms with Crippen LogP contribution in [0.15, 0.2) is 41.3 Å². The fraction of sp³-hybridized carbons (Fsp3) is 0.278. The third-order valence-electron chi connectivity index (χ3n) is 4.32. The van der Waals surface area contributed by atoms with Crippen LogP contribution in [0.25, 0.3) is 11.4 Å². The molecular formula is C18H17ClFN5O3. The van der Waals surface area contributed by atoms with Crippen LogP contribution in [0.2, 0.25) is 5.02 Å². The van der Waals surface area contributed by atoms with Crippen LogP contribution in [0.1, 0.15) is 11.7 Å². The van der Waals surface area contributed by atoms with Gasteiger partial charge in [0.05, 0.1) is 17.2 Å². The van der Waals surface area contributed by atoms with Gasteiger partial charge in [0.15, 0.2) is 5.82 Å². The minimum Gasteiger partial charge on any atom is -0.469 e. The van der Waals surface area contributed by atoms with Crippen molar-refractivity contribution in [3.05, 3.63) is 63.4 Å². The highest BCUT2D eigenvalue weighted by atomic mass is 35.5. The Labute approximate surface area is 164 Å². The van der Waals surface area contributed by atoms with Gasteiger partial charge >= 0.3 is 5.69 Å². The van der Waals surface area contributed by atoms with Crippen molar-refractivity contribution in [3.63, 3.8) is 0 Å². The van der Waals surface area contributed by atoms with Gasteiger partial charge in [0, 0.05) is 19.3 Å². The van der Waals surface area contributed by atoms with Gasteiger partial charge in [-0.15, -0.1) is 0 Å². The van der Waals surface area contributed by atoms with E-state index in [0.29, 0.717) is 36.6 Å². The molecule has 2 atom stereocenters. The number of pyridine rings is 1. The Morgan fingerprint density at radius 2 is 2.21 bits per heavy atom. The highest BCUT2D eigenvalue weighted by Crippen LogP contribution is 2.31. The quantitative estimate of drug-likeness (QED) is 0.613. The van der Waals surface area contributed by atoms with Gasteiger partial charge in [-0.25, -0.2) is 19.3 Å². The van der Waals surface area contributed by atoms with Gasteiger partial charge < -0.3 is 14.8 Å². The first kappa shape index (κ1) is 18.6. The summed E-state index contributed by atoms with van der Waals surface area (Å²) in [6.45, 7) is 1.53. The highest BCUT2D eigenvalue weighted by Gasteiger charge is 2.30. The molecule has 1 aliphatic rings. The van der Waals surface area contributed by atoms with Crippen LogP contribution in [0.3, 0.4) is 0 Å². The molecule has 10 heteroatoms. The standard InChI is InChI=1S/C18H17ClFN5O3/c19-12-4-3-10(8-13(12)20)15-14(9-21-6-7-27-15)28-17-11(2-1-5-22-17)16-23-18(26)25-24-16/h1-5,8,14-15,21H,6-7,9H2,(H2,23,24,25,26)/t14-,15+/m1/s1. The molecule has 1 saturated heterocycles. The lowest BCUT2D eigenvalue weighted by atomic mass is 10.0. The average molecular weight is 406 g/mol. The fourth-order valence-electron chi connectivity index (χ4n) is 3.03. The van der Waals surface area contributed by atoms with E-state index in [2.05, 4.69) is 25.5 Å². The van der Waals surface area contributed by atoms with Crippen molar-refractivity contribution in [2.24, 2.45) is 0 Å². The molecule has 4 rings (SSSR count). The smallest absolute Gasteiger partial charge is 0.340 e. The molecule has 0 aliphatic carbocycles. The van der Waals surface area contributed by atoms with Crippen LogP contribution in [0.4, 0.5) is 4.39 Å². The van der Waals surface area contributed by atoms with Crippen molar-refractivity contribution < 1.29 is 13.9 Å². The number of aromatic nitrogens is 4. The Kier molecular flexibility index (Phi) is 5.38. The summed E-state index contributed by atoms with van der Waals surface area (Å²) < 4.78 is 26.0. The number of ether oxygens (including phenoxy) is 2. The number of benzene rings is 1. The van der Waals surface area contributed by atoms with Crippen molar-refractivity contribution >= 4 is 11.6 Å². The Morgan fingerprint density at radius 3 is 3.00 bits per heavy atom. The van der Waals surface area contributed by atoms with E-state index < -0.39 is 23.7 Å². The van der Waals surface area contributed by atoms with Crippen LogP contribution >= 0.6 is 11.6 Å². The van der Waals surface area contributed by atoms with Crippen LogP contribution in [0.5, 0.6) is 5.88 Å². The number of hydrogen-bond acceptors (Lipinski definition) is 6. The molecule has 146 valence electrons. The van der Waals surface area contributed by atoms with Gasteiger partial charge in [0.2, 0.25) is 5.88 Å².